The van der Waals surface area contributed by atoms with E-state index in [0.29, 0.717) is 17.8 Å². The van der Waals surface area contributed by atoms with Crippen LogP contribution in [0.4, 0.5) is 0 Å². The number of hydrogen-bond acceptors (Lipinski definition) is 0. The molecule has 1 saturated carbocycles. The van der Waals surface area contributed by atoms with Crippen LogP contribution in [-0.2, 0) is 31.1 Å². The van der Waals surface area contributed by atoms with Crippen LogP contribution in [0.3, 0.4) is 0 Å². The van der Waals surface area contributed by atoms with Gasteiger partial charge in [-0.05, 0) is 0 Å². The van der Waals surface area contributed by atoms with Crippen molar-refractivity contribution in [3.8, 4) is 0 Å². The van der Waals surface area contributed by atoms with Gasteiger partial charge in [-0.15, -0.1) is 0 Å². The molecule has 1 fully saturated rings. The topological polar surface area (TPSA) is 0 Å². The Labute approximate surface area is 278 Å². The van der Waals surface area contributed by atoms with Gasteiger partial charge in [-0.1, -0.05) is 0 Å². The molecule has 0 radical (unpaired) electrons. The molecule has 0 bridgehead atoms. The number of halogens is 2. The third-order valence-electron chi connectivity index (χ3n) is 13.6. The van der Waals surface area contributed by atoms with E-state index in [-0.39, 0.29) is 55.0 Å². The van der Waals surface area contributed by atoms with Gasteiger partial charge in [0, 0.05) is 0 Å². The second kappa shape index (κ2) is 9.94. The summed E-state index contributed by atoms with van der Waals surface area (Å²) in [5.74, 6) is 1.56. The molecular weight excluding hydrogens is 619 g/mol. The summed E-state index contributed by atoms with van der Waals surface area (Å²) in [6.07, 6.45) is 15.0. The molecule has 1 aromatic rings. The number of rotatable bonds is 1. The predicted molar refractivity (Wildman–Crippen MR) is 163 cm³/mol. The van der Waals surface area contributed by atoms with Gasteiger partial charge in [-0.25, -0.2) is 0 Å². The van der Waals surface area contributed by atoms with Crippen LogP contribution in [-0.4, -0.2) is 0 Å². The second-order valence-corrected chi connectivity index (χ2v) is 18.8. The van der Waals surface area contributed by atoms with Crippen molar-refractivity contribution < 1.29 is 49.5 Å². The van der Waals surface area contributed by atoms with Crippen molar-refractivity contribution in [2.75, 3.05) is 0 Å². The van der Waals surface area contributed by atoms with Crippen LogP contribution < -0.4 is 24.8 Å². The molecule has 5 atom stereocenters. The van der Waals surface area contributed by atoms with Gasteiger partial charge < -0.3 is 24.8 Å². The van der Waals surface area contributed by atoms with Crippen LogP contribution in [0.15, 0.2) is 76.9 Å². The maximum Gasteiger partial charge on any atom is -1.00 e. The molecule has 0 nitrogen and oxygen atoms in total. The molecular formula is C38H49Cl2Zr. The van der Waals surface area contributed by atoms with Gasteiger partial charge in [-0.3, -0.25) is 0 Å². The Hall–Kier alpha value is -0.617. The Morgan fingerprint density at radius 2 is 1.46 bits per heavy atom. The summed E-state index contributed by atoms with van der Waals surface area (Å²) >= 11 is 1.66. The Balaban J connectivity index is 0.00000194. The summed E-state index contributed by atoms with van der Waals surface area (Å²) in [6.45, 7) is 28.1. The molecule has 3 heteroatoms. The van der Waals surface area contributed by atoms with E-state index in [1.165, 1.54) is 16.7 Å². The summed E-state index contributed by atoms with van der Waals surface area (Å²) in [4.78, 5) is 0. The van der Waals surface area contributed by atoms with Gasteiger partial charge in [-0.2, -0.15) is 0 Å². The Morgan fingerprint density at radius 3 is 2.07 bits per heavy atom. The van der Waals surface area contributed by atoms with Gasteiger partial charge in [0.2, 0.25) is 0 Å². The van der Waals surface area contributed by atoms with Crippen LogP contribution in [0.1, 0.15) is 93.7 Å². The first-order valence-corrected chi connectivity index (χ1v) is 16.5. The van der Waals surface area contributed by atoms with Crippen molar-refractivity contribution in [2.45, 2.75) is 92.1 Å². The van der Waals surface area contributed by atoms with E-state index in [2.05, 4.69) is 131 Å². The standard InChI is InChI=1S/C38H49.2ClH.Zr/c1-23-32-30-22-24-15-12-13-16-27(24)31(30)29-18-14-17-28(25-19-20-26(21-25)34(2,3)4)33(29)38(32,11)37(9,10)36(7,8)35(23,5)6;;;/h12-16,18-21,25,28,33H,17,22H2,1-11H3;2*1H;/q;;;+2/p-2. The van der Waals surface area contributed by atoms with E-state index in [0.717, 1.165) is 12.8 Å². The molecule has 0 heterocycles. The van der Waals surface area contributed by atoms with Gasteiger partial charge in [0.25, 0.3) is 0 Å². The van der Waals surface area contributed by atoms with Crippen molar-refractivity contribution in [3.05, 3.63) is 88.1 Å². The summed E-state index contributed by atoms with van der Waals surface area (Å²) in [7, 11) is 0. The zero-order valence-electron chi connectivity index (χ0n) is 27.1. The van der Waals surface area contributed by atoms with E-state index < -0.39 is 0 Å². The van der Waals surface area contributed by atoms with Gasteiger partial charge in [0.15, 0.2) is 0 Å². The normalized spacial score (nSPS) is 35.5. The minimum atomic E-state index is 0. The summed E-state index contributed by atoms with van der Waals surface area (Å²) in [6, 6.07) is 9.32. The first-order valence-electron chi connectivity index (χ1n) is 15.3. The minimum absolute atomic E-state index is 0. The molecule has 0 aliphatic heterocycles. The fourth-order valence-electron chi connectivity index (χ4n) is 9.74. The first kappa shape index (κ1) is 33.3. The fourth-order valence-corrected chi connectivity index (χ4v) is 11.5. The van der Waals surface area contributed by atoms with Crippen molar-refractivity contribution in [1.82, 2.24) is 0 Å². The molecule has 5 aliphatic rings. The number of allylic oxidation sites excluding steroid dienone is 10. The summed E-state index contributed by atoms with van der Waals surface area (Å²) in [5, 5.41) is 0. The number of benzene rings is 1. The number of hydrogen-bond donors (Lipinski definition) is 0. The van der Waals surface area contributed by atoms with E-state index in [4.69, 9.17) is 0 Å². The van der Waals surface area contributed by atoms with Crippen molar-refractivity contribution in [2.24, 2.45) is 44.8 Å². The van der Waals surface area contributed by atoms with Crippen molar-refractivity contribution in [1.29, 1.82) is 0 Å². The second-order valence-electron chi connectivity index (χ2n) is 16.3. The van der Waals surface area contributed by atoms with E-state index >= 15 is 0 Å². The quantitative estimate of drug-likeness (QED) is 0.415. The van der Waals surface area contributed by atoms with Gasteiger partial charge >= 0.3 is 255 Å². The molecule has 41 heavy (non-hydrogen) atoms. The van der Waals surface area contributed by atoms with Crippen LogP contribution >= 0.6 is 0 Å². The van der Waals surface area contributed by atoms with Crippen molar-refractivity contribution in [3.63, 3.8) is 0 Å². The maximum atomic E-state index is 2.72. The van der Waals surface area contributed by atoms with E-state index in [1.54, 1.807) is 41.4 Å². The minimum Gasteiger partial charge on any atom is -1.00 e. The average molecular weight is 668 g/mol. The van der Waals surface area contributed by atoms with E-state index in [9.17, 15) is 0 Å². The molecule has 5 unspecified atom stereocenters. The molecule has 0 spiro atoms. The van der Waals surface area contributed by atoms with Crippen LogP contribution in [0.5, 0.6) is 0 Å². The average Bonchev–Trinajstić information content (AvgIpc) is 3.48. The SMILES string of the molecule is CC(C)(C)C1=CC(C2CC=CC3=C4C(=C5[C](C)([Zr+2])C(C)(C)C(C)(C)C(C)(C)C5(C)C32)Cc2ccccc24)C=C1.[Cl-].[Cl-]. The monoisotopic (exact) mass is 665 g/mol. The maximum absolute atomic E-state index is 2.72. The third kappa shape index (κ3) is 3.99. The molecule has 219 valence electrons. The third-order valence-corrected chi connectivity index (χ3v) is 15.7. The van der Waals surface area contributed by atoms with Gasteiger partial charge in [0.1, 0.15) is 0 Å². The fraction of sp³-hybridized carbons (Fsp3) is 0.579. The zero-order chi connectivity index (χ0) is 28.6. The zero-order valence-corrected chi connectivity index (χ0v) is 31.1. The summed E-state index contributed by atoms with van der Waals surface area (Å²) in [5.41, 5.74) is 12.0. The molecule has 5 aliphatic carbocycles. The molecule has 0 aromatic heterocycles. The number of fused-ring (bicyclic) bond motifs is 6. The first-order chi connectivity index (χ1) is 17.9. The van der Waals surface area contributed by atoms with Crippen LogP contribution in [0, 0.1) is 44.8 Å². The Bertz CT molecular complexity index is 1420. The van der Waals surface area contributed by atoms with Crippen LogP contribution in [0.25, 0.3) is 5.57 Å². The van der Waals surface area contributed by atoms with E-state index in [1.807, 2.05) is 5.57 Å². The Kier molecular flexibility index (Phi) is 8.07. The smallest absolute Gasteiger partial charge is 1.00 e. The van der Waals surface area contributed by atoms with Crippen molar-refractivity contribution >= 4 is 5.57 Å². The van der Waals surface area contributed by atoms with Crippen LogP contribution in [0.2, 0.25) is 3.12 Å². The predicted octanol–water partition coefficient (Wildman–Crippen LogP) is 4.49. The molecule has 0 saturated heterocycles. The van der Waals surface area contributed by atoms with Gasteiger partial charge in [0.05, 0.1) is 0 Å². The molecule has 6 rings (SSSR count). The molecule has 1 aromatic carbocycles. The largest absolute Gasteiger partial charge is 1.00 e. The molecule has 0 N–H and O–H groups in total. The molecule has 0 amide bonds. The summed E-state index contributed by atoms with van der Waals surface area (Å²) < 4.78 is 0.158. The Morgan fingerprint density at radius 1 is 0.829 bits per heavy atom.